The molecule has 0 aliphatic rings. The molecule has 0 bridgehead atoms. The number of hydrogen-bond donors (Lipinski definition) is 3. The van der Waals surface area contributed by atoms with E-state index in [2.05, 4.69) is 60.0 Å². The van der Waals surface area contributed by atoms with Crippen LogP contribution in [-0.2, 0) is 4.57 Å². The largest absolute Gasteiger partial charge is 0.472 e. The Morgan fingerprint density at radius 2 is 0.789 bits per heavy atom. The van der Waals surface area contributed by atoms with Crippen molar-refractivity contribution >= 4 is 37.1 Å². The van der Waals surface area contributed by atoms with Crippen molar-refractivity contribution < 1.29 is 24.3 Å². The summed E-state index contributed by atoms with van der Waals surface area (Å²) >= 11 is 0. The highest BCUT2D eigenvalue weighted by Crippen LogP contribution is 2.34. The van der Waals surface area contributed by atoms with E-state index in [1.165, 1.54) is 0 Å². The molecule has 0 aromatic rings. The van der Waals surface area contributed by atoms with Gasteiger partial charge in [-0.1, -0.05) is 0 Å². The Kier molecular flexibility index (Phi) is 25.1. The molecule has 3 N–H and O–H groups in total. The summed E-state index contributed by atoms with van der Waals surface area (Å²) in [6.45, 7) is 20.1. The zero-order valence-corrected chi connectivity index (χ0v) is 17.0. The zero-order valence-electron chi connectivity index (χ0n) is 13.4. The van der Waals surface area contributed by atoms with Gasteiger partial charge in [0.1, 0.15) is 0 Å². The van der Waals surface area contributed by atoms with E-state index >= 15 is 0 Å². The van der Waals surface area contributed by atoms with Gasteiger partial charge in [0.25, 0.3) is 0 Å². The molecule has 0 atom stereocenters. The molecule has 0 aliphatic carbocycles. The number of hydrogen-bond acceptors (Lipinski definition) is 2. The Hall–Kier alpha value is 0.910. The normalized spacial score (nSPS) is 9.79. The fraction of sp³-hybridized carbons (Fsp3) is 0.900. The van der Waals surface area contributed by atoms with Crippen LogP contribution in [0.3, 0.4) is 0 Å². The summed E-state index contributed by atoms with van der Waals surface area (Å²) in [5.41, 5.74) is -2.09. The third-order valence-corrected chi connectivity index (χ3v) is 0.748. The first kappa shape index (κ1) is 28.1. The first-order valence-corrected chi connectivity index (χ1v) is 14.9. The molecule has 0 rings (SSSR count). The second kappa shape index (κ2) is 17.0. The lowest BCUT2D eigenvalue weighted by atomic mass is 11.6. The van der Waals surface area contributed by atoms with Crippen LogP contribution in [0.25, 0.3) is 0 Å². The molecule has 0 aromatic heterocycles. The minimum atomic E-state index is -4.82. The Morgan fingerprint density at radius 3 is 0.789 bits per heavy atom. The smallest absolute Gasteiger partial charge is 0.433 e. The van der Waals surface area contributed by atoms with Crippen LogP contribution in [0.15, 0.2) is 0 Å². The third kappa shape index (κ3) is 113. The molecule has 0 saturated heterocycles. The van der Waals surface area contributed by atoms with Crippen molar-refractivity contribution in [1.29, 1.82) is 0 Å². The Morgan fingerprint density at radius 1 is 0.737 bits per heavy atom. The fourth-order valence-electron chi connectivity index (χ4n) is 0. The number of rotatable bonds is 1. The van der Waals surface area contributed by atoms with Gasteiger partial charge in [0, 0.05) is 0 Å². The minimum Gasteiger partial charge on any atom is -0.472 e. The first-order valence-electron chi connectivity index (χ1n) is 5.26. The molecule has 0 fully saturated rings. The average Bonchev–Trinajstić information content (AvgIpc) is 1.96. The summed E-state index contributed by atoms with van der Waals surface area (Å²) in [4.78, 5) is 24.5. The van der Waals surface area contributed by atoms with Gasteiger partial charge in [0.2, 0.25) is 0 Å². The van der Waals surface area contributed by atoms with Crippen molar-refractivity contribution in [3.63, 3.8) is 0 Å². The lowest BCUT2D eigenvalue weighted by Crippen LogP contribution is -1.90. The molecule has 19 heavy (non-hydrogen) atoms. The molecule has 0 amide bonds. The monoisotopic (exact) mass is 354 g/mol. The molecule has 5 nitrogen and oxygen atoms in total. The van der Waals surface area contributed by atoms with Crippen molar-refractivity contribution in [2.45, 2.75) is 0 Å². The van der Waals surface area contributed by atoms with Crippen LogP contribution in [0.5, 0.6) is 0 Å². The van der Waals surface area contributed by atoms with E-state index in [-0.39, 0.29) is 0 Å². The number of carbonyl (C=O) groups is 1. The van der Waals surface area contributed by atoms with Crippen molar-refractivity contribution in [3.05, 3.63) is 0 Å². The van der Waals surface area contributed by atoms with Gasteiger partial charge in [0.15, 0.2) is 0 Å². The maximum absolute atomic E-state index is 9.43. The van der Waals surface area contributed by atoms with Gasteiger partial charge in [-0.3, -0.25) is 0 Å². The molecule has 0 aliphatic heterocycles. The highest BCUT2D eigenvalue weighted by atomic mass is 31.2. The van der Waals surface area contributed by atoms with E-state index in [0.29, 0.717) is 23.8 Å². The molecule has 9 heteroatoms. The van der Waals surface area contributed by atoms with Crippen molar-refractivity contribution in [3.8, 4) is 0 Å². The predicted molar refractivity (Wildman–Crippen MR) is 94.1 cm³/mol. The number of carboxylic acid groups (broad SMARTS) is 1. The summed E-state index contributed by atoms with van der Waals surface area (Å²) in [6.07, 6.45) is 0. The van der Waals surface area contributed by atoms with Crippen molar-refractivity contribution in [2.75, 3.05) is 60.0 Å². The second-order valence-corrected chi connectivity index (χ2v) is 14.4. The highest BCUT2D eigenvalue weighted by Gasteiger charge is 2.23. The van der Waals surface area contributed by atoms with Crippen LogP contribution in [0, 0.1) is 0 Å². The van der Waals surface area contributed by atoms with Gasteiger partial charge < -0.3 is 14.9 Å². The van der Waals surface area contributed by atoms with Crippen LogP contribution in [0.1, 0.15) is 0 Å². The van der Waals surface area contributed by atoms with Crippen LogP contribution >= 0.6 is 31.4 Å². The van der Waals surface area contributed by atoms with Gasteiger partial charge in [-0.05, 0) is 60.0 Å². The van der Waals surface area contributed by atoms with Crippen LogP contribution < -0.4 is 0 Å². The zero-order chi connectivity index (χ0) is 16.8. The van der Waals surface area contributed by atoms with Crippen LogP contribution in [-0.4, -0.2) is 80.6 Å². The lowest BCUT2D eigenvalue weighted by molar-refractivity contribution is 0.208. The standard InChI is InChI=1S/3C3H9P.CH3O5P/c3*1-4(2)3;2-1(3)7(4,5)6/h3*1-3H3;(H,2,3)(H2,4,5,6). The van der Waals surface area contributed by atoms with E-state index < -0.39 is 13.3 Å². The third-order valence-electron chi connectivity index (χ3n) is 0.249. The Balaban J connectivity index is -0.0000000825. The van der Waals surface area contributed by atoms with Gasteiger partial charge >= 0.3 is 13.3 Å². The van der Waals surface area contributed by atoms with E-state index in [1.54, 1.807) is 0 Å². The molecule has 0 unspecified atom stereocenters. The fourth-order valence-corrected chi connectivity index (χ4v) is 0. The summed E-state index contributed by atoms with van der Waals surface area (Å²) < 4.78 is 9.43. The summed E-state index contributed by atoms with van der Waals surface area (Å²) in [5.74, 6) is 0. The summed E-state index contributed by atoms with van der Waals surface area (Å²) in [6, 6.07) is 0. The van der Waals surface area contributed by atoms with Gasteiger partial charge in [-0.25, -0.2) is 9.36 Å². The second-order valence-electron chi connectivity index (χ2n) is 4.85. The Labute approximate surface area is 122 Å². The van der Waals surface area contributed by atoms with E-state index in [1.807, 2.05) is 0 Å². The quantitative estimate of drug-likeness (QED) is 0.621. The van der Waals surface area contributed by atoms with Crippen molar-refractivity contribution in [1.82, 2.24) is 0 Å². The predicted octanol–water partition coefficient (Wildman–Crippen LogP) is 3.92. The molecule has 0 saturated carbocycles. The molecule has 0 spiro atoms. The SMILES string of the molecule is CP(C)C.CP(C)C.CP(C)C.O=C(O)P(=O)(O)O. The first-order chi connectivity index (χ1) is 8.14. The summed E-state index contributed by atoms with van der Waals surface area (Å²) in [5, 5.41) is 7.49. The average molecular weight is 354 g/mol. The molecular formula is C10H30O5P4. The van der Waals surface area contributed by atoms with Gasteiger partial charge in [-0.15, -0.1) is 23.8 Å². The molecule has 0 heterocycles. The topological polar surface area (TPSA) is 94.8 Å². The molecule has 0 radical (unpaired) electrons. The molecule has 0 aromatic carbocycles. The van der Waals surface area contributed by atoms with E-state index in [0.717, 1.165) is 0 Å². The van der Waals surface area contributed by atoms with Crippen LogP contribution in [0.2, 0.25) is 0 Å². The van der Waals surface area contributed by atoms with E-state index in [9.17, 15) is 9.36 Å². The maximum atomic E-state index is 9.43. The maximum Gasteiger partial charge on any atom is 0.433 e. The molecular weight excluding hydrogens is 324 g/mol. The van der Waals surface area contributed by atoms with Gasteiger partial charge in [-0.2, -0.15) is 0 Å². The lowest BCUT2D eigenvalue weighted by Gasteiger charge is -1.90. The molecule has 120 valence electrons. The van der Waals surface area contributed by atoms with Gasteiger partial charge in [0.05, 0.1) is 0 Å². The van der Waals surface area contributed by atoms with E-state index in [4.69, 9.17) is 14.9 Å². The highest BCUT2D eigenvalue weighted by molar-refractivity contribution is 7.69. The Bertz CT molecular complexity index is 216. The van der Waals surface area contributed by atoms with Crippen molar-refractivity contribution in [2.24, 2.45) is 0 Å². The van der Waals surface area contributed by atoms with Crippen LogP contribution in [0.4, 0.5) is 4.79 Å². The summed E-state index contributed by atoms with van der Waals surface area (Å²) in [7, 11) is -3.68. The minimum absolute atomic E-state index is 0.380.